The molecule has 0 saturated heterocycles. The zero-order chi connectivity index (χ0) is 15.1. The Morgan fingerprint density at radius 1 is 1.15 bits per heavy atom. The lowest BCUT2D eigenvalue weighted by molar-refractivity contribution is 0.0944. The van der Waals surface area contributed by atoms with E-state index in [-0.39, 0.29) is 5.91 Å². The Balaban J connectivity index is 2.67. The largest absolute Gasteiger partial charge is 0.352 e. The van der Waals surface area contributed by atoms with Gasteiger partial charge in [-0.2, -0.15) is 0 Å². The number of aryl methyl sites for hydroxylation is 3. The van der Waals surface area contributed by atoms with Gasteiger partial charge in [0.1, 0.15) is 0 Å². The quantitative estimate of drug-likeness (QED) is 0.776. The molecule has 1 N–H and O–H groups in total. The third-order valence-electron chi connectivity index (χ3n) is 4.00. The fourth-order valence-corrected chi connectivity index (χ4v) is 2.81. The zero-order valence-electron chi connectivity index (χ0n) is 13.7. The molecule has 0 aromatic heterocycles. The summed E-state index contributed by atoms with van der Waals surface area (Å²) in [6, 6.07) is 4.16. The van der Waals surface area contributed by atoms with Crippen molar-refractivity contribution in [3.8, 4) is 0 Å². The Hall–Kier alpha value is -1.31. The number of carbonyl (C=O) groups excluding carboxylic acids is 1. The van der Waals surface area contributed by atoms with Crippen LogP contribution in [-0.4, -0.2) is 12.5 Å². The smallest absolute Gasteiger partial charge is 0.251 e. The van der Waals surface area contributed by atoms with E-state index in [1.54, 1.807) is 0 Å². The van der Waals surface area contributed by atoms with E-state index in [0.717, 1.165) is 29.7 Å². The summed E-state index contributed by atoms with van der Waals surface area (Å²) in [6.07, 6.45) is 4.81. The highest BCUT2D eigenvalue weighted by molar-refractivity contribution is 5.97. The molecule has 0 radical (unpaired) electrons. The highest BCUT2D eigenvalue weighted by Gasteiger charge is 2.14. The molecule has 1 rings (SSSR count). The van der Waals surface area contributed by atoms with Crippen molar-refractivity contribution in [1.82, 2.24) is 5.32 Å². The second-order valence-corrected chi connectivity index (χ2v) is 5.90. The van der Waals surface area contributed by atoms with E-state index in [2.05, 4.69) is 38.2 Å². The number of amides is 1. The van der Waals surface area contributed by atoms with Crippen LogP contribution in [0.5, 0.6) is 0 Å². The molecule has 0 fully saturated rings. The summed E-state index contributed by atoms with van der Waals surface area (Å²) in [5.41, 5.74) is 4.20. The lowest BCUT2D eigenvalue weighted by Gasteiger charge is -2.17. The predicted molar refractivity (Wildman–Crippen MR) is 86.3 cm³/mol. The average molecular weight is 275 g/mol. The number of rotatable bonds is 7. The molecule has 1 atom stereocenters. The van der Waals surface area contributed by atoms with E-state index < -0.39 is 0 Å². The van der Waals surface area contributed by atoms with Crippen molar-refractivity contribution in [1.29, 1.82) is 0 Å². The molecule has 2 heteroatoms. The number of hydrogen-bond donors (Lipinski definition) is 1. The van der Waals surface area contributed by atoms with Gasteiger partial charge in [0.05, 0.1) is 0 Å². The van der Waals surface area contributed by atoms with Crippen molar-refractivity contribution in [3.05, 3.63) is 34.4 Å². The first-order valence-corrected chi connectivity index (χ1v) is 7.85. The predicted octanol–water partition coefficient (Wildman–Crippen LogP) is 4.56. The van der Waals surface area contributed by atoms with Crippen LogP contribution in [0.25, 0.3) is 0 Å². The summed E-state index contributed by atoms with van der Waals surface area (Å²) >= 11 is 0. The van der Waals surface area contributed by atoms with Crippen LogP contribution in [0.4, 0.5) is 0 Å². The van der Waals surface area contributed by atoms with Crippen molar-refractivity contribution >= 4 is 5.91 Å². The maximum absolute atomic E-state index is 12.4. The molecule has 1 amide bonds. The first-order valence-electron chi connectivity index (χ1n) is 7.85. The van der Waals surface area contributed by atoms with Gasteiger partial charge in [-0.3, -0.25) is 4.79 Å². The molecule has 20 heavy (non-hydrogen) atoms. The third-order valence-corrected chi connectivity index (χ3v) is 4.00. The summed E-state index contributed by atoms with van der Waals surface area (Å²) in [5, 5.41) is 3.12. The Morgan fingerprint density at radius 3 is 2.25 bits per heavy atom. The van der Waals surface area contributed by atoms with E-state index in [0.29, 0.717) is 5.92 Å². The van der Waals surface area contributed by atoms with E-state index in [4.69, 9.17) is 0 Å². The van der Waals surface area contributed by atoms with Crippen LogP contribution in [-0.2, 0) is 0 Å². The molecular formula is C18H29NO. The van der Waals surface area contributed by atoms with Crippen molar-refractivity contribution < 1.29 is 4.79 Å². The Kier molecular flexibility index (Phi) is 6.77. The van der Waals surface area contributed by atoms with Crippen molar-refractivity contribution in [2.75, 3.05) is 6.54 Å². The fraction of sp³-hybridized carbons (Fsp3) is 0.611. The Bertz CT molecular complexity index is 428. The highest BCUT2D eigenvalue weighted by Crippen LogP contribution is 2.17. The second-order valence-electron chi connectivity index (χ2n) is 5.90. The minimum Gasteiger partial charge on any atom is -0.352 e. The summed E-state index contributed by atoms with van der Waals surface area (Å²) in [7, 11) is 0. The van der Waals surface area contributed by atoms with Crippen LogP contribution in [0.1, 0.15) is 66.6 Å². The van der Waals surface area contributed by atoms with Crippen molar-refractivity contribution in [3.63, 3.8) is 0 Å². The molecule has 2 nitrogen and oxygen atoms in total. The van der Waals surface area contributed by atoms with Crippen LogP contribution in [0.15, 0.2) is 12.1 Å². The molecule has 0 bridgehead atoms. The van der Waals surface area contributed by atoms with Crippen molar-refractivity contribution in [2.24, 2.45) is 5.92 Å². The molecule has 1 unspecified atom stereocenters. The number of carbonyl (C=O) groups is 1. The van der Waals surface area contributed by atoms with Gasteiger partial charge in [-0.1, -0.05) is 50.8 Å². The van der Waals surface area contributed by atoms with Crippen LogP contribution < -0.4 is 5.32 Å². The number of hydrogen-bond acceptors (Lipinski definition) is 1. The molecule has 112 valence electrons. The average Bonchev–Trinajstić information content (AvgIpc) is 2.37. The molecule has 1 aromatic rings. The molecular weight excluding hydrogens is 246 g/mol. The Morgan fingerprint density at radius 2 is 1.75 bits per heavy atom. The van der Waals surface area contributed by atoms with Gasteiger partial charge in [-0.25, -0.2) is 0 Å². The van der Waals surface area contributed by atoms with E-state index in [1.807, 2.05) is 13.8 Å². The minimum absolute atomic E-state index is 0.0787. The molecule has 0 aliphatic carbocycles. The summed E-state index contributed by atoms with van der Waals surface area (Å²) in [6.45, 7) is 11.3. The maximum Gasteiger partial charge on any atom is 0.251 e. The molecule has 0 heterocycles. The first kappa shape index (κ1) is 16.7. The van der Waals surface area contributed by atoms with Crippen LogP contribution >= 0.6 is 0 Å². The molecule has 1 aromatic carbocycles. The van der Waals surface area contributed by atoms with Crippen LogP contribution in [0.2, 0.25) is 0 Å². The van der Waals surface area contributed by atoms with Gasteiger partial charge in [0.15, 0.2) is 0 Å². The van der Waals surface area contributed by atoms with Gasteiger partial charge < -0.3 is 5.32 Å². The summed E-state index contributed by atoms with van der Waals surface area (Å²) in [4.78, 5) is 12.4. The maximum atomic E-state index is 12.4. The first-order chi connectivity index (χ1) is 9.49. The summed E-state index contributed by atoms with van der Waals surface area (Å²) < 4.78 is 0. The number of unbranched alkanes of at least 4 members (excludes halogenated alkanes) is 1. The van der Waals surface area contributed by atoms with Gasteiger partial charge >= 0.3 is 0 Å². The van der Waals surface area contributed by atoms with Gasteiger partial charge in [0.2, 0.25) is 0 Å². The SMILES string of the molecule is CCCCC(CC)CNC(=O)c1c(C)cc(C)cc1C. The fourth-order valence-electron chi connectivity index (χ4n) is 2.81. The molecule has 0 saturated carbocycles. The van der Waals surface area contributed by atoms with Gasteiger partial charge in [-0.15, -0.1) is 0 Å². The zero-order valence-corrected chi connectivity index (χ0v) is 13.7. The molecule has 0 spiro atoms. The highest BCUT2D eigenvalue weighted by atomic mass is 16.1. The number of nitrogens with one attached hydrogen (secondary N) is 1. The lowest BCUT2D eigenvalue weighted by atomic mass is 9.97. The van der Waals surface area contributed by atoms with E-state index in [9.17, 15) is 4.79 Å². The van der Waals surface area contributed by atoms with Crippen LogP contribution in [0, 0.1) is 26.7 Å². The standard InChI is InChI=1S/C18H29NO/c1-6-8-9-16(7-2)12-19-18(20)17-14(4)10-13(3)11-15(17)5/h10-11,16H,6-9,12H2,1-5H3,(H,19,20). The van der Waals surface area contributed by atoms with Crippen molar-refractivity contribution in [2.45, 2.75) is 60.3 Å². The van der Waals surface area contributed by atoms with Crippen LogP contribution in [0.3, 0.4) is 0 Å². The van der Waals surface area contributed by atoms with Gasteiger partial charge in [0.25, 0.3) is 5.91 Å². The normalized spacial score (nSPS) is 12.2. The number of benzene rings is 1. The Labute approximate surface area is 124 Å². The molecule has 0 aliphatic heterocycles. The lowest BCUT2D eigenvalue weighted by Crippen LogP contribution is -2.30. The van der Waals surface area contributed by atoms with Gasteiger partial charge in [0, 0.05) is 12.1 Å². The third kappa shape index (κ3) is 4.66. The topological polar surface area (TPSA) is 29.1 Å². The molecule has 0 aliphatic rings. The minimum atomic E-state index is 0.0787. The van der Waals surface area contributed by atoms with Gasteiger partial charge in [-0.05, 0) is 44.2 Å². The van der Waals surface area contributed by atoms with E-state index in [1.165, 1.54) is 24.8 Å². The monoisotopic (exact) mass is 275 g/mol. The van der Waals surface area contributed by atoms with E-state index >= 15 is 0 Å². The second kappa shape index (κ2) is 8.08. The summed E-state index contributed by atoms with van der Waals surface area (Å²) in [5.74, 6) is 0.680.